The van der Waals surface area contributed by atoms with Gasteiger partial charge >= 0.3 is 0 Å². The Balaban J connectivity index is 1.85. The van der Waals surface area contributed by atoms with Crippen molar-refractivity contribution in [1.29, 1.82) is 0 Å². The Morgan fingerprint density at radius 3 is 2.60 bits per heavy atom. The monoisotopic (exact) mass is 402 g/mol. The number of fused-ring (bicyclic) bond motifs is 1. The first-order valence-corrected chi connectivity index (χ1v) is 9.60. The number of benzene rings is 1. The molecule has 0 aliphatic heterocycles. The van der Waals surface area contributed by atoms with Gasteiger partial charge in [-0.1, -0.05) is 36.4 Å². The molecular formula is C22H22N6O2. The number of nitrogen functional groups attached to an aromatic ring is 1. The molecule has 152 valence electrons. The Labute approximate surface area is 173 Å². The first-order chi connectivity index (χ1) is 14.5. The van der Waals surface area contributed by atoms with Gasteiger partial charge in [0.1, 0.15) is 0 Å². The highest BCUT2D eigenvalue weighted by molar-refractivity contribution is 5.87. The smallest absolute Gasteiger partial charge is 0.225 e. The second kappa shape index (κ2) is 8.20. The summed E-state index contributed by atoms with van der Waals surface area (Å²) in [5.74, 6) is 7.75. The molecule has 4 rings (SSSR count). The highest BCUT2D eigenvalue weighted by Gasteiger charge is 2.21. The predicted octanol–water partition coefficient (Wildman–Crippen LogP) is 2.99. The van der Waals surface area contributed by atoms with Gasteiger partial charge < -0.3 is 15.9 Å². The summed E-state index contributed by atoms with van der Waals surface area (Å²) < 4.78 is 7.38. The zero-order valence-corrected chi connectivity index (χ0v) is 16.8. The first-order valence-electron chi connectivity index (χ1n) is 9.60. The lowest BCUT2D eigenvalue weighted by molar-refractivity contribution is -0.118. The highest BCUT2D eigenvalue weighted by atomic mass is 16.5. The number of hydrogen-bond acceptors (Lipinski definition) is 6. The van der Waals surface area contributed by atoms with Crippen molar-refractivity contribution >= 4 is 16.9 Å². The Bertz CT molecular complexity index is 1190. The molecule has 0 saturated heterocycles. The fourth-order valence-electron chi connectivity index (χ4n) is 3.32. The second-order valence-electron chi connectivity index (χ2n) is 6.86. The fraction of sp³-hybridized carbons (Fsp3) is 0.182. The van der Waals surface area contributed by atoms with Crippen molar-refractivity contribution in [2.24, 2.45) is 0 Å². The quantitative estimate of drug-likeness (QED) is 0.480. The maximum absolute atomic E-state index is 11.3. The number of carbonyl (C=O) groups excluding carboxylic acids is 1. The van der Waals surface area contributed by atoms with E-state index in [1.807, 2.05) is 49.4 Å². The van der Waals surface area contributed by atoms with E-state index >= 15 is 0 Å². The molecule has 3 aromatic heterocycles. The summed E-state index contributed by atoms with van der Waals surface area (Å²) in [6.45, 7) is 3.87. The van der Waals surface area contributed by atoms with Crippen LogP contribution < -0.4 is 15.9 Å². The number of rotatable bonds is 6. The van der Waals surface area contributed by atoms with Gasteiger partial charge in [-0.05, 0) is 13.0 Å². The summed E-state index contributed by atoms with van der Waals surface area (Å²) in [7, 11) is 0. The normalized spacial score (nSPS) is 10.9. The minimum Gasteiger partial charge on any atom is -0.420 e. The number of nitrogens with two attached hydrogens (primary N) is 1. The molecule has 30 heavy (non-hydrogen) atoms. The van der Waals surface area contributed by atoms with E-state index in [0.29, 0.717) is 36.2 Å². The average molecular weight is 402 g/mol. The number of aryl methyl sites for hydroxylation is 1. The van der Waals surface area contributed by atoms with Gasteiger partial charge in [-0.2, -0.15) is 0 Å². The maximum atomic E-state index is 11.3. The Morgan fingerprint density at radius 2 is 1.90 bits per heavy atom. The standard InChI is InChI=1S/C22H22N6O2/c1-14-19-17(11-13-24-15(2)29)26-20(16-8-4-3-5-9-16)27-21(19)28(23)22(14)30-18-10-6-7-12-25-18/h3-10,12H,11,13,23H2,1-2H3,(H,24,29). The predicted molar refractivity (Wildman–Crippen MR) is 115 cm³/mol. The zero-order valence-electron chi connectivity index (χ0n) is 16.8. The molecule has 3 N–H and O–H groups in total. The van der Waals surface area contributed by atoms with E-state index in [-0.39, 0.29) is 5.91 Å². The van der Waals surface area contributed by atoms with Crippen LogP contribution in [-0.4, -0.2) is 32.1 Å². The lowest BCUT2D eigenvalue weighted by Gasteiger charge is -2.08. The van der Waals surface area contributed by atoms with Crippen molar-refractivity contribution in [2.45, 2.75) is 20.3 Å². The number of pyridine rings is 1. The Hall–Kier alpha value is -3.94. The summed E-state index contributed by atoms with van der Waals surface area (Å²) in [5, 5.41) is 3.63. The minimum atomic E-state index is -0.0872. The largest absolute Gasteiger partial charge is 0.420 e. The van der Waals surface area contributed by atoms with Crippen LogP contribution in [-0.2, 0) is 11.2 Å². The molecule has 0 aliphatic rings. The first kappa shape index (κ1) is 19.4. The van der Waals surface area contributed by atoms with Crippen LogP contribution in [0.2, 0.25) is 0 Å². The molecule has 0 saturated carbocycles. The second-order valence-corrected chi connectivity index (χ2v) is 6.86. The third-order valence-corrected chi connectivity index (χ3v) is 4.71. The summed E-state index contributed by atoms with van der Waals surface area (Å²) >= 11 is 0. The van der Waals surface area contributed by atoms with Crippen molar-refractivity contribution in [1.82, 2.24) is 24.9 Å². The molecular weight excluding hydrogens is 380 g/mol. The molecule has 0 spiro atoms. The number of ether oxygens (including phenoxy) is 1. The maximum Gasteiger partial charge on any atom is 0.225 e. The fourth-order valence-corrected chi connectivity index (χ4v) is 3.32. The lowest BCUT2D eigenvalue weighted by atomic mass is 10.1. The van der Waals surface area contributed by atoms with Crippen molar-refractivity contribution in [3.05, 3.63) is 66.0 Å². The van der Waals surface area contributed by atoms with E-state index < -0.39 is 0 Å². The Kier molecular flexibility index (Phi) is 5.30. The summed E-state index contributed by atoms with van der Waals surface area (Å²) in [5.41, 5.74) is 3.05. The SMILES string of the molecule is CC(=O)NCCc1nc(-c2ccccc2)nc2c1c(C)c(Oc1ccccn1)n2N. The molecule has 4 aromatic rings. The molecule has 8 heteroatoms. The van der Waals surface area contributed by atoms with E-state index in [1.54, 1.807) is 12.3 Å². The van der Waals surface area contributed by atoms with Crippen LogP contribution in [0, 0.1) is 6.92 Å². The molecule has 0 atom stereocenters. The molecule has 0 bridgehead atoms. The highest BCUT2D eigenvalue weighted by Crippen LogP contribution is 2.34. The molecule has 8 nitrogen and oxygen atoms in total. The molecule has 3 heterocycles. The van der Waals surface area contributed by atoms with Crippen LogP contribution in [0.25, 0.3) is 22.4 Å². The number of hydrogen-bond donors (Lipinski definition) is 2. The Morgan fingerprint density at radius 1 is 1.13 bits per heavy atom. The van der Waals surface area contributed by atoms with Crippen molar-refractivity contribution in [2.75, 3.05) is 12.4 Å². The van der Waals surface area contributed by atoms with Crippen molar-refractivity contribution < 1.29 is 9.53 Å². The van der Waals surface area contributed by atoms with Gasteiger partial charge in [0.15, 0.2) is 11.5 Å². The van der Waals surface area contributed by atoms with Gasteiger partial charge in [-0.15, -0.1) is 0 Å². The van der Waals surface area contributed by atoms with Crippen LogP contribution >= 0.6 is 0 Å². The van der Waals surface area contributed by atoms with Gasteiger partial charge in [-0.3, -0.25) is 4.79 Å². The van der Waals surface area contributed by atoms with E-state index in [2.05, 4.69) is 10.3 Å². The minimum absolute atomic E-state index is 0.0872. The van der Waals surface area contributed by atoms with Crippen LogP contribution in [0.1, 0.15) is 18.2 Å². The van der Waals surface area contributed by atoms with Gasteiger partial charge in [0.05, 0.1) is 5.69 Å². The van der Waals surface area contributed by atoms with Gasteiger partial charge in [0.25, 0.3) is 0 Å². The van der Waals surface area contributed by atoms with Crippen LogP contribution in [0.15, 0.2) is 54.7 Å². The molecule has 1 aromatic carbocycles. The van der Waals surface area contributed by atoms with E-state index in [4.69, 9.17) is 20.5 Å². The number of carbonyl (C=O) groups is 1. The van der Waals surface area contributed by atoms with Gasteiger partial charge in [0.2, 0.25) is 17.7 Å². The summed E-state index contributed by atoms with van der Waals surface area (Å²) in [4.78, 5) is 25.0. The van der Waals surface area contributed by atoms with E-state index in [1.165, 1.54) is 11.6 Å². The van der Waals surface area contributed by atoms with Crippen molar-refractivity contribution in [3.8, 4) is 23.1 Å². The van der Waals surface area contributed by atoms with E-state index in [0.717, 1.165) is 22.2 Å². The zero-order chi connectivity index (χ0) is 21.1. The molecule has 0 fully saturated rings. The van der Waals surface area contributed by atoms with Crippen LogP contribution in [0.4, 0.5) is 0 Å². The number of amides is 1. The molecule has 0 unspecified atom stereocenters. The van der Waals surface area contributed by atoms with Crippen LogP contribution in [0.5, 0.6) is 11.8 Å². The molecule has 0 radical (unpaired) electrons. The van der Waals surface area contributed by atoms with E-state index in [9.17, 15) is 4.79 Å². The number of nitrogens with zero attached hydrogens (tertiary/aromatic N) is 4. The average Bonchev–Trinajstić information content (AvgIpc) is 3.00. The lowest BCUT2D eigenvalue weighted by Crippen LogP contribution is -2.23. The van der Waals surface area contributed by atoms with Crippen LogP contribution in [0.3, 0.4) is 0 Å². The van der Waals surface area contributed by atoms with Gasteiger partial charge in [0, 0.05) is 48.7 Å². The summed E-state index contributed by atoms with van der Waals surface area (Å²) in [6, 6.07) is 15.1. The summed E-state index contributed by atoms with van der Waals surface area (Å²) in [6.07, 6.45) is 2.19. The third-order valence-electron chi connectivity index (χ3n) is 4.71. The number of aromatic nitrogens is 4. The number of nitrogens with one attached hydrogen (secondary N) is 1. The molecule has 1 amide bonds. The van der Waals surface area contributed by atoms with Crippen molar-refractivity contribution in [3.63, 3.8) is 0 Å². The third kappa shape index (κ3) is 3.80. The molecule has 0 aliphatic carbocycles. The topological polar surface area (TPSA) is 108 Å². The van der Waals surface area contributed by atoms with Gasteiger partial charge in [-0.25, -0.2) is 19.6 Å².